The molecule has 0 aliphatic carbocycles. The molecule has 0 spiro atoms. The van der Waals surface area contributed by atoms with Crippen LogP contribution in [-0.2, 0) is 0 Å². The van der Waals surface area contributed by atoms with Crippen molar-refractivity contribution in [3.05, 3.63) is 76.5 Å². The average Bonchev–Trinajstić information content (AvgIpc) is 3.14. The number of benzene rings is 2. The van der Waals surface area contributed by atoms with E-state index in [4.69, 9.17) is 0 Å². The van der Waals surface area contributed by atoms with E-state index in [1.54, 1.807) is 18.2 Å². The highest BCUT2D eigenvalue weighted by Crippen LogP contribution is 2.44. The molecule has 2 aromatic carbocycles. The topological polar surface area (TPSA) is 59.0 Å². The van der Waals surface area contributed by atoms with Gasteiger partial charge in [-0.05, 0) is 49.6 Å². The Kier molecular flexibility index (Phi) is 5.24. The molecule has 3 aromatic rings. The highest BCUT2D eigenvalue weighted by atomic mass is 19.4. The van der Waals surface area contributed by atoms with Gasteiger partial charge in [-0.15, -0.1) is 0 Å². The van der Waals surface area contributed by atoms with E-state index in [0.29, 0.717) is 5.69 Å². The largest absolute Gasteiger partial charge is 0.410 e. The number of anilines is 2. The number of alkyl halides is 3. The molecule has 0 radical (unpaired) electrons. The third-order valence-corrected chi connectivity index (χ3v) is 5.73. The van der Waals surface area contributed by atoms with Gasteiger partial charge in [0.15, 0.2) is 6.04 Å². The number of halogens is 3. The Bertz CT molecular complexity index is 1120. The summed E-state index contributed by atoms with van der Waals surface area (Å²) >= 11 is 0. The van der Waals surface area contributed by atoms with Crippen LogP contribution in [0.5, 0.6) is 0 Å². The van der Waals surface area contributed by atoms with Crippen molar-refractivity contribution < 1.29 is 18.0 Å². The van der Waals surface area contributed by atoms with Gasteiger partial charge in [0.05, 0.1) is 12.2 Å². The van der Waals surface area contributed by atoms with Crippen LogP contribution in [0.2, 0.25) is 0 Å². The van der Waals surface area contributed by atoms with Gasteiger partial charge < -0.3 is 10.6 Å². The third-order valence-electron chi connectivity index (χ3n) is 5.73. The van der Waals surface area contributed by atoms with Crippen LogP contribution in [0.3, 0.4) is 0 Å². The lowest BCUT2D eigenvalue weighted by Crippen LogP contribution is -2.36. The maximum atomic E-state index is 13.8. The van der Waals surface area contributed by atoms with Gasteiger partial charge in [-0.25, -0.2) is 4.68 Å². The molecule has 2 atom stereocenters. The highest BCUT2D eigenvalue weighted by Gasteiger charge is 2.47. The lowest BCUT2D eigenvalue weighted by Gasteiger charge is -2.34. The first-order chi connectivity index (χ1) is 14.6. The second-order valence-electron chi connectivity index (χ2n) is 8.01. The van der Waals surface area contributed by atoms with E-state index >= 15 is 0 Å². The summed E-state index contributed by atoms with van der Waals surface area (Å²) in [6.45, 7) is 5.80. The summed E-state index contributed by atoms with van der Waals surface area (Å²) < 4.78 is 42.3. The molecule has 0 bridgehead atoms. The number of aromatic nitrogens is 2. The minimum absolute atomic E-state index is 0.0699. The predicted octanol–water partition coefficient (Wildman–Crippen LogP) is 5.72. The van der Waals surface area contributed by atoms with Gasteiger partial charge in [-0.2, -0.15) is 18.3 Å². The number of aryl methyl sites for hydroxylation is 3. The molecule has 5 nitrogen and oxygen atoms in total. The molecule has 2 heterocycles. The SMILES string of the molecule is Cc1ccc([C@@H]2C[C@@H](C(F)(F)F)n3ncc(C(=O)Nc4ccc(C)c(C)c4)c3N2)cc1. The maximum absolute atomic E-state index is 13.8. The van der Waals surface area contributed by atoms with Crippen LogP contribution in [0.4, 0.5) is 24.7 Å². The normalized spacial score (nSPS) is 18.3. The van der Waals surface area contributed by atoms with Crippen molar-refractivity contribution in [1.82, 2.24) is 9.78 Å². The Morgan fingerprint density at radius 2 is 1.81 bits per heavy atom. The summed E-state index contributed by atoms with van der Waals surface area (Å²) in [5, 5.41) is 9.79. The van der Waals surface area contributed by atoms with E-state index in [2.05, 4.69) is 15.7 Å². The summed E-state index contributed by atoms with van der Waals surface area (Å²) in [5.41, 5.74) is 4.48. The molecule has 4 rings (SSSR count). The lowest BCUT2D eigenvalue weighted by molar-refractivity contribution is -0.173. The van der Waals surface area contributed by atoms with Gasteiger partial charge in [-0.1, -0.05) is 35.9 Å². The van der Waals surface area contributed by atoms with Crippen molar-refractivity contribution in [2.45, 2.75) is 45.5 Å². The van der Waals surface area contributed by atoms with Gasteiger partial charge >= 0.3 is 6.18 Å². The van der Waals surface area contributed by atoms with Crippen molar-refractivity contribution in [3.8, 4) is 0 Å². The zero-order valence-corrected chi connectivity index (χ0v) is 17.4. The Morgan fingerprint density at radius 3 is 2.45 bits per heavy atom. The molecule has 8 heteroatoms. The quantitative estimate of drug-likeness (QED) is 0.561. The fourth-order valence-electron chi connectivity index (χ4n) is 3.76. The minimum Gasteiger partial charge on any atom is -0.363 e. The molecule has 0 saturated heterocycles. The monoisotopic (exact) mass is 428 g/mol. The number of carbonyl (C=O) groups is 1. The Morgan fingerprint density at radius 1 is 1.10 bits per heavy atom. The van der Waals surface area contributed by atoms with Crippen LogP contribution in [-0.4, -0.2) is 21.9 Å². The van der Waals surface area contributed by atoms with Gasteiger partial charge in [0, 0.05) is 12.1 Å². The minimum atomic E-state index is -4.49. The predicted molar refractivity (Wildman–Crippen MR) is 113 cm³/mol. The summed E-state index contributed by atoms with van der Waals surface area (Å²) in [6.07, 6.45) is -3.51. The van der Waals surface area contributed by atoms with E-state index < -0.39 is 24.2 Å². The molecule has 162 valence electrons. The number of amides is 1. The third kappa shape index (κ3) is 4.15. The van der Waals surface area contributed by atoms with Crippen LogP contribution in [0, 0.1) is 20.8 Å². The molecular weight excluding hydrogens is 405 g/mol. The fraction of sp³-hybridized carbons (Fsp3) is 0.304. The first kappa shape index (κ1) is 21.0. The molecule has 0 fully saturated rings. The van der Waals surface area contributed by atoms with Crippen molar-refractivity contribution >= 4 is 17.4 Å². The van der Waals surface area contributed by atoms with Gasteiger partial charge in [0.2, 0.25) is 0 Å². The molecule has 1 aromatic heterocycles. The lowest BCUT2D eigenvalue weighted by atomic mass is 9.96. The number of nitrogens with zero attached hydrogens (tertiary/aromatic N) is 2. The van der Waals surface area contributed by atoms with Crippen LogP contribution < -0.4 is 10.6 Å². The number of carbonyl (C=O) groups excluding carboxylic acids is 1. The Hall–Kier alpha value is -3.29. The second kappa shape index (κ2) is 7.76. The van der Waals surface area contributed by atoms with E-state index in [0.717, 1.165) is 26.9 Å². The smallest absolute Gasteiger partial charge is 0.363 e. The molecule has 1 amide bonds. The molecule has 1 aliphatic rings. The number of hydrogen-bond donors (Lipinski definition) is 2. The van der Waals surface area contributed by atoms with Gasteiger partial charge in [0.1, 0.15) is 11.4 Å². The van der Waals surface area contributed by atoms with E-state index in [9.17, 15) is 18.0 Å². The molecule has 0 unspecified atom stereocenters. The van der Waals surface area contributed by atoms with Crippen molar-refractivity contribution in [3.63, 3.8) is 0 Å². The molecular formula is C23H23F3N4O. The molecule has 0 saturated carbocycles. The maximum Gasteiger partial charge on any atom is 0.410 e. The zero-order valence-electron chi connectivity index (χ0n) is 17.4. The van der Waals surface area contributed by atoms with Crippen molar-refractivity contribution in [2.24, 2.45) is 0 Å². The fourth-order valence-corrected chi connectivity index (χ4v) is 3.76. The summed E-state index contributed by atoms with van der Waals surface area (Å²) in [6, 6.07) is 10.4. The molecule has 2 N–H and O–H groups in total. The van der Waals surface area contributed by atoms with Crippen LogP contribution >= 0.6 is 0 Å². The summed E-state index contributed by atoms with van der Waals surface area (Å²) in [7, 11) is 0. The summed E-state index contributed by atoms with van der Waals surface area (Å²) in [5.74, 6) is -0.442. The van der Waals surface area contributed by atoms with E-state index in [-0.39, 0.29) is 17.8 Å². The highest BCUT2D eigenvalue weighted by molar-refractivity contribution is 6.07. The standard InChI is InChI=1S/C23H23F3N4O/c1-13-4-7-16(8-5-13)19-11-20(23(24,25)26)30-21(29-19)18(12-27-30)22(31)28-17-9-6-14(2)15(3)10-17/h4-10,12,19-20,29H,11H2,1-3H3,(H,28,31)/t19-,20-/m0/s1. The molecule has 1 aliphatic heterocycles. The first-order valence-electron chi connectivity index (χ1n) is 9.99. The summed E-state index contributed by atoms with van der Waals surface area (Å²) in [4.78, 5) is 12.9. The Balaban J connectivity index is 1.68. The number of nitrogens with one attached hydrogen (secondary N) is 2. The molecule has 31 heavy (non-hydrogen) atoms. The number of fused-ring (bicyclic) bond motifs is 1. The first-order valence-corrected chi connectivity index (χ1v) is 9.99. The number of hydrogen-bond acceptors (Lipinski definition) is 3. The van der Waals surface area contributed by atoms with Gasteiger partial charge in [0.25, 0.3) is 5.91 Å². The van der Waals surface area contributed by atoms with Crippen molar-refractivity contribution in [2.75, 3.05) is 10.6 Å². The van der Waals surface area contributed by atoms with E-state index in [1.807, 2.05) is 45.0 Å². The van der Waals surface area contributed by atoms with Gasteiger partial charge in [-0.3, -0.25) is 4.79 Å². The number of rotatable bonds is 3. The van der Waals surface area contributed by atoms with Crippen LogP contribution in [0.25, 0.3) is 0 Å². The van der Waals surface area contributed by atoms with Crippen molar-refractivity contribution in [1.29, 1.82) is 0 Å². The van der Waals surface area contributed by atoms with Crippen LogP contribution in [0.15, 0.2) is 48.7 Å². The van der Waals surface area contributed by atoms with E-state index in [1.165, 1.54) is 6.20 Å². The second-order valence-corrected chi connectivity index (χ2v) is 8.01. The average molecular weight is 428 g/mol. The van der Waals surface area contributed by atoms with Crippen LogP contribution in [0.1, 0.15) is 51.1 Å². The zero-order chi connectivity index (χ0) is 22.3. The Labute approximate surface area is 178 Å².